The predicted octanol–water partition coefficient (Wildman–Crippen LogP) is 3.10. The van der Waals surface area contributed by atoms with E-state index in [2.05, 4.69) is 9.97 Å². The van der Waals surface area contributed by atoms with Crippen LogP contribution in [0, 0.1) is 13.8 Å². The van der Waals surface area contributed by atoms with Crippen LogP contribution in [0.2, 0.25) is 0 Å². The molecule has 0 amide bonds. The fraction of sp³-hybridized carbons (Fsp3) is 0.316. The molecule has 1 unspecified atom stereocenters. The maximum absolute atomic E-state index is 11.5. The number of hydrogen-bond acceptors (Lipinski definition) is 7. The Hall–Kier alpha value is -2.77. The molecule has 2 rings (SSSR count). The largest absolute Gasteiger partial charge is 0.463 e. The van der Waals surface area contributed by atoms with Crippen molar-refractivity contribution in [2.45, 2.75) is 27.1 Å². The quantitative estimate of drug-likeness (QED) is 0.462. The first kappa shape index (κ1) is 19.6. The molecule has 1 N–H and O–H groups in total. The second-order valence-corrected chi connectivity index (χ2v) is 5.51. The number of pyridine rings is 2. The van der Waals surface area contributed by atoms with Crippen molar-refractivity contribution < 1.29 is 24.1 Å². The van der Waals surface area contributed by atoms with Crippen LogP contribution in [0.25, 0.3) is 6.08 Å². The second kappa shape index (κ2) is 9.07. The highest BCUT2D eigenvalue weighted by molar-refractivity contribution is 5.87. The molecule has 1 atom stereocenters. The molecule has 2 aromatic heterocycles. The van der Waals surface area contributed by atoms with Gasteiger partial charge in [0.1, 0.15) is 0 Å². The lowest BCUT2D eigenvalue weighted by Gasteiger charge is -2.13. The van der Waals surface area contributed by atoms with Crippen molar-refractivity contribution >= 4 is 12.0 Å². The third kappa shape index (κ3) is 5.11. The first-order valence-electron chi connectivity index (χ1n) is 8.11. The molecule has 0 bridgehead atoms. The van der Waals surface area contributed by atoms with Crippen molar-refractivity contribution in [1.82, 2.24) is 9.97 Å². The zero-order valence-corrected chi connectivity index (χ0v) is 15.2. The number of rotatable bonds is 7. The number of hydrogen-bond donors (Lipinski definition) is 1. The van der Waals surface area contributed by atoms with Gasteiger partial charge in [-0.25, -0.2) is 9.78 Å². The molecule has 0 radical (unpaired) electrons. The van der Waals surface area contributed by atoms with Crippen LogP contribution in [0.3, 0.4) is 0 Å². The number of aryl methyl sites for hydroxylation is 1. The first-order valence-corrected chi connectivity index (χ1v) is 8.11. The normalized spacial score (nSPS) is 12.2. The van der Waals surface area contributed by atoms with Crippen LogP contribution in [-0.4, -0.2) is 34.8 Å². The number of methoxy groups -OCH3 is 1. The highest BCUT2D eigenvalue weighted by Gasteiger charge is 2.12. The molecule has 0 saturated carbocycles. The van der Waals surface area contributed by atoms with E-state index < -0.39 is 12.3 Å². The van der Waals surface area contributed by atoms with E-state index in [-0.39, 0.29) is 0 Å². The Morgan fingerprint density at radius 1 is 1.31 bits per heavy atom. The smallest absolute Gasteiger partial charge is 0.330 e. The maximum Gasteiger partial charge on any atom is 0.330 e. The summed E-state index contributed by atoms with van der Waals surface area (Å²) in [4.78, 5) is 19.9. The monoisotopic (exact) mass is 358 g/mol. The lowest BCUT2D eigenvalue weighted by Crippen LogP contribution is -2.02. The Morgan fingerprint density at radius 3 is 2.77 bits per heavy atom. The lowest BCUT2D eigenvalue weighted by molar-refractivity contribution is -0.137. The van der Waals surface area contributed by atoms with Gasteiger partial charge in [0.25, 0.3) is 0 Å². The van der Waals surface area contributed by atoms with Gasteiger partial charge in [0.05, 0.1) is 12.8 Å². The summed E-state index contributed by atoms with van der Waals surface area (Å²) >= 11 is 0. The van der Waals surface area contributed by atoms with E-state index in [4.69, 9.17) is 14.2 Å². The number of esters is 1. The third-order valence-corrected chi connectivity index (χ3v) is 3.57. The van der Waals surface area contributed by atoms with Crippen molar-refractivity contribution in [3.05, 3.63) is 53.0 Å². The average molecular weight is 358 g/mol. The van der Waals surface area contributed by atoms with Gasteiger partial charge in [-0.15, -0.1) is 0 Å². The molecule has 0 aliphatic rings. The zero-order valence-electron chi connectivity index (χ0n) is 15.2. The molecule has 26 heavy (non-hydrogen) atoms. The van der Waals surface area contributed by atoms with Crippen molar-refractivity contribution in [1.29, 1.82) is 0 Å². The number of carbonyl (C=O) groups excluding carboxylic acids is 1. The molecule has 0 aromatic carbocycles. The van der Waals surface area contributed by atoms with Crippen LogP contribution in [0.4, 0.5) is 0 Å². The Labute approximate surface area is 152 Å². The number of aliphatic hydroxyl groups is 1. The Kier molecular flexibility index (Phi) is 6.82. The van der Waals surface area contributed by atoms with Crippen LogP contribution in [0.1, 0.15) is 35.6 Å². The van der Waals surface area contributed by atoms with E-state index in [1.807, 2.05) is 6.92 Å². The van der Waals surface area contributed by atoms with E-state index in [1.54, 1.807) is 44.4 Å². The molecule has 7 heteroatoms. The standard InChI is InChI=1S/C19H22N2O5/c1-5-25-18(22)7-6-14-10-20-11-16(13(14)3)26-17-9-15(19(23)24-4)8-12(2)21-17/h6-11,19,23H,5H2,1-4H3/b7-6+. The summed E-state index contributed by atoms with van der Waals surface area (Å²) in [5, 5.41) is 9.84. The second-order valence-electron chi connectivity index (χ2n) is 5.51. The van der Waals surface area contributed by atoms with Crippen molar-refractivity contribution in [2.24, 2.45) is 0 Å². The van der Waals surface area contributed by atoms with E-state index in [0.29, 0.717) is 29.5 Å². The van der Waals surface area contributed by atoms with E-state index in [1.165, 1.54) is 13.2 Å². The molecular formula is C19H22N2O5. The molecule has 0 spiro atoms. The zero-order chi connectivity index (χ0) is 19.1. The van der Waals surface area contributed by atoms with Crippen LogP contribution in [0.5, 0.6) is 11.6 Å². The van der Waals surface area contributed by atoms with Crippen molar-refractivity contribution in [3.8, 4) is 11.6 Å². The molecule has 2 aromatic rings. The minimum atomic E-state index is -1.06. The van der Waals surface area contributed by atoms with Gasteiger partial charge in [-0.1, -0.05) is 0 Å². The topological polar surface area (TPSA) is 90.8 Å². The van der Waals surface area contributed by atoms with Crippen molar-refractivity contribution in [2.75, 3.05) is 13.7 Å². The molecule has 138 valence electrons. The van der Waals surface area contributed by atoms with Gasteiger partial charge in [-0.2, -0.15) is 0 Å². The average Bonchev–Trinajstić information content (AvgIpc) is 2.61. The van der Waals surface area contributed by atoms with Gasteiger partial charge in [0.15, 0.2) is 12.0 Å². The SMILES string of the molecule is CCOC(=O)/C=C/c1cncc(Oc2cc(C(O)OC)cc(C)n2)c1C. The summed E-state index contributed by atoms with van der Waals surface area (Å²) in [6.45, 7) is 5.71. The molecular weight excluding hydrogens is 336 g/mol. The van der Waals surface area contributed by atoms with Gasteiger partial charge in [-0.3, -0.25) is 4.98 Å². The Morgan fingerprint density at radius 2 is 2.08 bits per heavy atom. The molecule has 0 saturated heterocycles. The van der Waals surface area contributed by atoms with E-state index >= 15 is 0 Å². The molecule has 0 fully saturated rings. The lowest BCUT2D eigenvalue weighted by atomic mass is 10.1. The van der Waals surface area contributed by atoms with Crippen LogP contribution < -0.4 is 4.74 Å². The number of aliphatic hydroxyl groups excluding tert-OH is 1. The van der Waals surface area contributed by atoms with Gasteiger partial charge in [-0.05, 0) is 38.5 Å². The molecule has 0 aliphatic carbocycles. The van der Waals surface area contributed by atoms with Crippen LogP contribution >= 0.6 is 0 Å². The van der Waals surface area contributed by atoms with Crippen LogP contribution in [0.15, 0.2) is 30.6 Å². The van der Waals surface area contributed by atoms with E-state index in [0.717, 1.165) is 11.1 Å². The fourth-order valence-electron chi connectivity index (χ4n) is 2.25. The van der Waals surface area contributed by atoms with Gasteiger partial charge < -0.3 is 19.3 Å². The number of nitrogens with zero attached hydrogens (tertiary/aromatic N) is 2. The summed E-state index contributed by atoms with van der Waals surface area (Å²) in [5.74, 6) is 0.385. The maximum atomic E-state index is 11.5. The third-order valence-electron chi connectivity index (χ3n) is 3.57. The van der Waals surface area contributed by atoms with Gasteiger partial charge in [0, 0.05) is 42.3 Å². The fourth-order valence-corrected chi connectivity index (χ4v) is 2.25. The Balaban J connectivity index is 2.27. The number of ether oxygens (including phenoxy) is 3. The van der Waals surface area contributed by atoms with Crippen molar-refractivity contribution in [3.63, 3.8) is 0 Å². The van der Waals surface area contributed by atoms with E-state index in [9.17, 15) is 9.90 Å². The molecule has 7 nitrogen and oxygen atoms in total. The summed E-state index contributed by atoms with van der Waals surface area (Å²) in [5.41, 5.74) is 2.73. The Bertz CT molecular complexity index is 805. The molecule has 2 heterocycles. The highest BCUT2D eigenvalue weighted by Crippen LogP contribution is 2.28. The predicted molar refractivity (Wildman–Crippen MR) is 95.7 cm³/mol. The van der Waals surface area contributed by atoms with Gasteiger partial charge >= 0.3 is 5.97 Å². The highest BCUT2D eigenvalue weighted by atomic mass is 16.6. The molecule has 0 aliphatic heterocycles. The minimum Gasteiger partial charge on any atom is -0.463 e. The summed E-state index contributed by atoms with van der Waals surface area (Å²) in [6.07, 6.45) is 5.10. The van der Waals surface area contributed by atoms with Crippen LogP contribution in [-0.2, 0) is 14.3 Å². The summed E-state index contributed by atoms with van der Waals surface area (Å²) in [6, 6.07) is 3.31. The summed E-state index contributed by atoms with van der Waals surface area (Å²) in [7, 11) is 1.41. The number of aromatic nitrogens is 2. The number of carbonyl (C=O) groups is 1. The summed E-state index contributed by atoms with van der Waals surface area (Å²) < 4.78 is 15.6. The van der Waals surface area contributed by atoms with Gasteiger partial charge in [0.2, 0.25) is 5.88 Å². The first-order chi connectivity index (χ1) is 12.4. The minimum absolute atomic E-state index is 0.313.